The maximum absolute atomic E-state index is 10.8. The van der Waals surface area contributed by atoms with Crippen molar-refractivity contribution in [2.45, 2.75) is 19.8 Å². The standard InChI is InChI=1S/C18H20N6O2/c1-12-9-21-18(23-14-4-2-3-13(7-14)8-16(25)26)24-17(12)20-6-5-15-10-19-11-22-15/h2-4,7,9-11H,5-6,8H2,1H3,(H,19,22)(H,25,26)(H2,20,21,23,24). The summed E-state index contributed by atoms with van der Waals surface area (Å²) in [4.78, 5) is 26.7. The number of nitrogens with zero attached hydrogens (tertiary/aromatic N) is 3. The largest absolute Gasteiger partial charge is 0.481 e. The number of aromatic nitrogens is 4. The van der Waals surface area contributed by atoms with Crippen LogP contribution in [0.1, 0.15) is 16.8 Å². The first kappa shape index (κ1) is 17.4. The second kappa shape index (κ2) is 8.11. The summed E-state index contributed by atoms with van der Waals surface area (Å²) in [5.74, 6) is 0.341. The highest BCUT2D eigenvalue weighted by Gasteiger charge is 2.06. The van der Waals surface area contributed by atoms with Gasteiger partial charge in [0, 0.05) is 42.3 Å². The molecule has 2 aromatic heterocycles. The molecule has 0 saturated heterocycles. The first-order chi connectivity index (χ1) is 12.6. The average molecular weight is 352 g/mol. The van der Waals surface area contributed by atoms with E-state index in [-0.39, 0.29) is 6.42 Å². The van der Waals surface area contributed by atoms with E-state index in [1.165, 1.54) is 0 Å². The van der Waals surface area contributed by atoms with E-state index in [0.717, 1.165) is 29.2 Å². The Morgan fingerprint density at radius 2 is 2.19 bits per heavy atom. The molecule has 8 nitrogen and oxygen atoms in total. The molecule has 0 aliphatic heterocycles. The number of nitrogens with one attached hydrogen (secondary N) is 3. The minimum Gasteiger partial charge on any atom is -0.481 e. The van der Waals surface area contributed by atoms with E-state index >= 15 is 0 Å². The van der Waals surface area contributed by atoms with Gasteiger partial charge < -0.3 is 20.7 Å². The molecule has 3 rings (SSSR count). The van der Waals surface area contributed by atoms with Gasteiger partial charge in [-0.25, -0.2) is 9.97 Å². The summed E-state index contributed by atoms with van der Waals surface area (Å²) in [6.45, 7) is 2.66. The number of carboxylic acids is 1. The Morgan fingerprint density at radius 3 is 2.96 bits per heavy atom. The van der Waals surface area contributed by atoms with Crippen molar-refractivity contribution in [2.24, 2.45) is 0 Å². The zero-order valence-electron chi connectivity index (χ0n) is 14.4. The Kier molecular flexibility index (Phi) is 5.43. The van der Waals surface area contributed by atoms with Gasteiger partial charge >= 0.3 is 5.97 Å². The predicted molar refractivity (Wildman–Crippen MR) is 98.6 cm³/mol. The fourth-order valence-corrected chi connectivity index (χ4v) is 2.48. The quantitative estimate of drug-likeness (QED) is 0.492. The van der Waals surface area contributed by atoms with Gasteiger partial charge in [0.2, 0.25) is 5.95 Å². The van der Waals surface area contributed by atoms with Crippen LogP contribution in [0.15, 0.2) is 43.0 Å². The summed E-state index contributed by atoms with van der Waals surface area (Å²) < 4.78 is 0. The molecule has 134 valence electrons. The number of rotatable bonds is 8. The summed E-state index contributed by atoms with van der Waals surface area (Å²) in [6.07, 6.45) is 5.99. The number of H-pyrrole nitrogens is 1. The number of imidazole rings is 1. The molecule has 0 bridgehead atoms. The van der Waals surface area contributed by atoms with Crippen LogP contribution in [-0.2, 0) is 17.6 Å². The van der Waals surface area contributed by atoms with Crippen LogP contribution in [0.2, 0.25) is 0 Å². The third-order valence-electron chi connectivity index (χ3n) is 3.75. The van der Waals surface area contributed by atoms with Crippen LogP contribution in [0.3, 0.4) is 0 Å². The molecule has 0 saturated carbocycles. The molecular formula is C18H20N6O2. The normalized spacial score (nSPS) is 10.5. The molecule has 26 heavy (non-hydrogen) atoms. The van der Waals surface area contributed by atoms with Crippen LogP contribution in [0, 0.1) is 6.92 Å². The lowest BCUT2D eigenvalue weighted by Crippen LogP contribution is -2.09. The van der Waals surface area contributed by atoms with Gasteiger partial charge in [0.25, 0.3) is 0 Å². The average Bonchev–Trinajstić information content (AvgIpc) is 3.11. The number of hydrogen-bond acceptors (Lipinski definition) is 6. The van der Waals surface area contributed by atoms with E-state index < -0.39 is 5.97 Å². The van der Waals surface area contributed by atoms with Gasteiger partial charge in [0.05, 0.1) is 12.7 Å². The van der Waals surface area contributed by atoms with E-state index in [4.69, 9.17) is 5.11 Å². The number of hydrogen-bond donors (Lipinski definition) is 4. The van der Waals surface area contributed by atoms with E-state index in [1.54, 1.807) is 36.9 Å². The lowest BCUT2D eigenvalue weighted by Gasteiger charge is -2.11. The van der Waals surface area contributed by atoms with Crippen molar-refractivity contribution in [3.05, 3.63) is 59.8 Å². The van der Waals surface area contributed by atoms with Crippen molar-refractivity contribution in [1.29, 1.82) is 0 Å². The lowest BCUT2D eigenvalue weighted by molar-refractivity contribution is -0.136. The molecule has 0 amide bonds. The molecule has 2 heterocycles. The highest BCUT2D eigenvalue weighted by Crippen LogP contribution is 2.18. The second-order valence-corrected chi connectivity index (χ2v) is 5.87. The molecule has 8 heteroatoms. The maximum Gasteiger partial charge on any atom is 0.307 e. The van der Waals surface area contributed by atoms with Crippen LogP contribution in [0.25, 0.3) is 0 Å². The number of carboxylic acid groups (broad SMARTS) is 1. The van der Waals surface area contributed by atoms with Crippen LogP contribution in [-0.4, -0.2) is 37.6 Å². The highest BCUT2D eigenvalue weighted by molar-refractivity contribution is 5.71. The first-order valence-electron chi connectivity index (χ1n) is 8.22. The van der Waals surface area contributed by atoms with Crippen molar-refractivity contribution in [3.8, 4) is 0 Å². The zero-order chi connectivity index (χ0) is 18.4. The topological polar surface area (TPSA) is 116 Å². The van der Waals surface area contributed by atoms with Gasteiger partial charge in [0.1, 0.15) is 5.82 Å². The minimum atomic E-state index is -0.863. The van der Waals surface area contributed by atoms with Crippen molar-refractivity contribution in [1.82, 2.24) is 19.9 Å². The third kappa shape index (κ3) is 4.79. The van der Waals surface area contributed by atoms with Gasteiger partial charge in [-0.1, -0.05) is 12.1 Å². The number of aryl methyl sites for hydroxylation is 1. The fraction of sp³-hybridized carbons (Fsp3) is 0.222. The van der Waals surface area contributed by atoms with Crippen LogP contribution in [0.5, 0.6) is 0 Å². The Bertz CT molecular complexity index is 879. The lowest BCUT2D eigenvalue weighted by atomic mass is 10.1. The van der Waals surface area contributed by atoms with Crippen molar-refractivity contribution < 1.29 is 9.90 Å². The number of aliphatic carboxylic acids is 1. The van der Waals surface area contributed by atoms with Crippen molar-refractivity contribution >= 4 is 23.4 Å². The van der Waals surface area contributed by atoms with Gasteiger partial charge in [-0.3, -0.25) is 4.79 Å². The number of anilines is 3. The van der Waals surface area contributed by atoms with Crippen LogP contribution in [0.4, 0.5) is 17.5 Å². The Labute approximate surface area is 150 Å². The smallest absolute Gasteiger partial charge is 0.307 e. The molecule has 3 aromatic rings. The Hall–Kier alpha value is -3.42. The van der Waals surface area contributed by atoms with E-state index in [9.17, 15) is 4.79 Å². The summed E-state index contributed by atoms with van der Waals surface area (Å²) >= 11 is 0. The summed E-state index contributed by atoms with van der Waals surface area (Å²) in [5.41, 5.74) is 3.46. The predicted octanol–water partition coefficient (Wildman–Crippen LogP) is 2.53. The molecular weight excluding hydrogens is 332 g/mol. The highest BCUT2D eigenvalue weighted by atomic mass is 16.4. The monoisotopic (exact) mass is 352 g/mol. The SMILES string of the molecule is Cc1cnc(Nc2cccc(CC(=O)O)c2)nc1NCCc1cnc[nH]1. The van der Waals surface area contributed by atoms with Crippen molar-refractivity contribution in [3.63, 3.8) is 0 Å². The van der Waals surface area contributed by atoms with E-state index in [2.05, 4.69) is 30.6 Å². The summed E-state index contributed by atoms with van der Waals surface area (Å²) in [5, 5.41) is 15.3. The second-order valence-electron chi connectivity index (χ2n) is 5.87. The number of aromatic amines is 1. The maximum atomic E-state index is 10.8. The van der Waals surface area contributed by atoms with Crippen LogP contribution >= 0.6 is 0 Å². The summed E-state index contributed by atoms with van der Waals surface area (Å²) in [6, 6.07) is 7.21. The van der Waals surface area contributed by atoms with Crippen molar-refractivity contribution in [2.75, 3.05) is 17.2 Å². The minimum absolute atomic E-state index is 0.0231. The van der Waals surface area contributed by atoms with Gasteiger partial charge in [-0.15, -0.1) is 0 Å². The first-order valence-corrected chi connectivity index (χ1v) is 8.22. The number of benzene rings is 1. The molecule has 4 N–H and O–H groups in total. The van der Waals surface area contributed by atoms with E-state index in [0.29, 0.717) is 18.1 Å². The van der Waals surface area contributed by atoms with Gasteiger partial charge in [-0.05, 0) is 24.6 Å². The molecule has 0 spiro atoms. The molecule has 0 atom stereocenters. The molecule has 0 unspecified atom stereocenters. The van der Waals surface area contributed by atoms with E-state index in [1.807, 2.05) is 13.0 Å². The Balaban J connectivity index is 1.66. The zero-order valence-corrected chi connectivity index (χ0v) is 14.4. The number of carbonyl (C=O) groups is 1. The van der Waals surface area contributed by atoms with Gasteiger partial charge in [-0.2, -0.15) is 4.98 Å². The molecule has 0 aliphatic rings. The summed E-state index contributed by atoms with van der Waals surface area (Å²) in [7, 11) is 0. The molecule has 1 aromatic carbocycles. The molecule has 0 fully saturated rings. The Morgan fingerprint density at radius 1 is 1.31 bits per heavy atom. The third-order valence-corrected chi connectivity index (χ3v) is 3.75. The fourth-order valence-electron chi connectivity index (χ4n) is 2.48. The van der Waals surface area contributed by atoms with Gasteiger partial charge in [0.15, 0.2) is 0 Å². The molecule has 0 radical (unpaired) electrons. The van der Waals surface area contributed by atoms with Crippen LogP contribution < -0.4 is 10.6 Å². The molecule has 0 aliphatic carbocycles.